The lowest BCUT2D eigenvalue weighted by Crippen LogP contribution is -2.37. The van der Waals surface area contributed by atoms with E-state index in [2.05, 4.69) is 15.3 Å². The molecule has 2 aromatic rings. The normalized spacial score (nSPS) is 15.2. The molecule has 1 N–H and O–H groups in total. The van der Waals surface area contributed by atoms with E-state index in [0.717, 1.165) is 56.9 Å². The van der Waals surface area contributed by atoms with Gasteiger partial charge < -0.3 is 10.1 Å². The second-order valence-corrected chi connectivity index (χ2v) is 6.43. The van der Waals surface area contributed by atoms with Gasteiger partial charge in [0.05, 0.1) is 25.1 Å². The average molecular weight is 342 g/mol. The van der Waals surface area contributed by atoms with E-state index in [1.165, 1.54) is 0 Å². The van der Waals surface area contributed by atoms with Crippen molar-refractivity contribution >= 4 is 5.91 Å². The standard InChI is InChI=1S/C19H26N4O2/c1-16-14-21-23(15-16)18-6-4-17(5-7-18)19(24)20-8-2-3-9-22-10-12-25-13-11-22/h4-7,14-15H,2-3,8-13H2,1H3,(H,20,24). The van der Waals surface area contributed by atoms with Crippen LogP contribution in [-0.2, 0) is 4.74 Å². The molecule has 1 aliphatic rings. The van der Waals surface area contributed by atoms with Gasteiger partial charge in [-0.15, -0.1) is 0 Å². The molecule has 2 heterocycles. The van der Waals surface area contributed by atoms with Crippen molar-refractivity contribution in [2.45, 2.75) is 19.8 Å². The number of nitrogens with one attached hydrogen (secondary N) is 1. The number of ether oxygens (including phenoxy) is 1. The first-order chi connectivity index (χ1) is 12.2. The molecule has 0 atom stereocenters. The third kappa shape index (κ3) is 5.14. The number of nitrogens with zero attached hydrogens (tertiary/aromatic N) is 3. The summed E-state index contributed by atoms with van der Waals surface area (Å²) in [5.74, 6) is -0.0189. The van der Waals surface area contributed by atoms with Gasteiger partial charge in [0.2, 0.25) is 0 Å². The van der Waals surface area contributed by atoms with Gasteiger partial charge in [-0.25, -0.2) is 4.68 Å². The summed E-state index contributed by atoms with van der Waals surface area (Å²) in [4.78, 5) is 14.6. The maximum absolute atomic E-state index is 12.2. The van der Waals surface area contributed by atoms with Crippen LogP contribution < -0.4 is 5.32 Å². The van der Waals surface area contributed by atoms with Gasteiger partial charge in [0, 0.05) is 31.4 Å². The molecule has 0 bridgehead atoms. The van der Waals surface area contributed by atoms with E-state index in [0.29, 0.717) is 12.1 Å². The zero-order valence-electron chi connectivity index (χ0n) is 14.8. The zero-order valence-corrected chi connectivity index (χ0v) is 14.8. The van der Waals surface area contributed by atoms with Gasteiger partial charge in [-0.2, -0.15) is 5.10 Å². The van der Waals surface area contributed by atoms with Crippen LogP contribution in [0.1, 0.15) is 28.8 Å². The molecule has 0 radical (unpaired) electrons. The van der Waals surface area contributed by atoms with Gasteiger partial charge in [-0.3, -0.25) is 9.69 Å². The van der Waals surface area contributed by atoms with E-state index in [1.807, 2.05) is 48.3 Å². The van der Waals surface area contributed by atoms with E-state index in [-0.39, 0.29) is 5.91 Å². The Balaban J connectivity index is 1.39. The summed E-state index contributed by atoms with van der Waals surface area (Å²) < 4.78 is 7.15. The predicted molar refractivity (Wildman–Crippen MR) is 97.1 cm³/mol. The molecule has 6 heteroatoms. The van der Waals surface area contributed by atoms with Crippen LogP contribution in [-0.4, -0.2) is 60.0 Å². The summed E-state index contributed by atoms with van der Waals surface area (Å²) in [5, 5.41) is 7.27. The average Bonchev–Trinajstić information content (AvgIpc) is 3.09. The van der Waals surface area contributed by atoms with E-state index >= 15 is 0 Å². The van der Waals surface area contributed by atoms with Crippen LogP contribution in [0, 0.1) is 6.92 Å². The number of unbranched alkanes of at least 4 members (excludes halogenated alkanes) is 1. The number of carbonyl (C=O) groups is 1. The number of carbonyl (C=O) groups excluding carboxylic acids is 1. The first-order valence-electron chi connectivity index (χ1n) is 8.92. The van der Waals surface area contributed by atoms with Crippen molar-refractivity contribution in [3.05, 3.63) is 47.8 Å². The topological polar surface area (TPSA) is 59.4 Å². The molecule has 0 unspecified atom stereocenters. The Bertz CT molecular complexity index is 675. The number of aryl methyl sites for hydroxylation is 1. The molecule has 0 saturated carbocycles. The lowest BCUT2D eigenvalue weighted by atomic mass is 10.2. The molecule has 134 valence electrons. The Morgan fingerprint density at radius 2 is 1.96 bits per heavy atom. The Labute approximate surface area is 148 Å². The number of aromatic nitrogens is 2. The van der Waals surface area contributed by atoms with Gasteiger partial charge in [0.15, 0.2) is 0 Å². The Morgan fingerprint density at radius 3 is 2.64 bits per heavy atom. The van der Waals surface area contributed by atoms with Crippen molar-refractivity contribution in [3.63, 3.8) is 0 Å². The van der Waals surface area contributed by atoms with E-state index in [4.69, 9.17) is 4.74 Å². The van der Waals surface area contributed by atoms with Crippen molar-refractivity contribution < 1.29 is 9.53 Å². The van der Waals surface area contributed by atoms with Crippen LogP contribution in [0.4, 0.5) is 0 Å². The van der Waals surface area contributed by atoms with Gasteiger partial charge in [-0.1, -0.05) is 0 Å². The highest BCUT2D eigenvalue weighted by atomic mass is 16.5. The first-order valence-corrected chi connectivity index (χ1v) is 8.92. The summed E-state index contributed by atoms with van der Waals surface area (Å²) in [6.07, 6.45) is 5.87. The van der Waals surface area contributed by atoms with Gasteiger partial charge in [0.25, 0.3) is 5.91 Å². The second-order valence-electron chi connectivity index (χ2n) is 6.43. The Hall–Kier alpha value is -2.18. The Morgan fingerprint density at radius 1 is 1.20 bits per heavy atom. The van der Waals surface area contributed by atoms with E-state index in [9.17, 15) is 4.79 Å². The monoisotopic (exact) mass is 342 g/mol. The van der Waals surface area contributed by atoms with Crippen LogP contribution in [0.15, 0.2) is 36.7 Å². The fourth-order valence-electron chi connectivity index (χ4n) is 2.91. The maximum Gasteiger partial charge on any atom is 0.251 e. The highest BCUT2D eigenvalue weighted by Gasteiger charge is 2.09. The van der Waals surface area contributed by atoms with Crippen molar-refractivity contribution in [1.82, 2.24) is 20.0 Å². The van der Waals surface area contributed by atoms with E-state index in [1.54, 1.807) is 0 Å². The van der Waals surface area contributed by atoms with Gasteiger partial charge >= 0.3 is 0 Å². The molecule has 1 saturated heterocycles. The summed E-state index contributed by atoms with van der Waals surface area (Å²) in [6.45, 7) is 7.52. The third-order valence-electron chi connectivity index (χ3n) is 4.40. The van der Waals surface area contributed by atoms with Gasteiger partial charge in [-0.05, 0) is 56.1 Å². The summed E-state index contributed by atoms with van der Waals surface area (Å²) >= 11 is 0. The molecule has 0 spiro atoms. The summed E-state index contributed by atoms with van der Waals surface area (Å²) in [5.41, 5.74) is 2.75. The number of hydrogen-bond acceptors (Lipinski definition) is 4. The maximum atomic E-state index is 12.2. The molecule has 1 aromatic carbocycles. The van der Waals surface area contributed by atoms with Crippen molar-refractivity contribution in [1.29, 1.82) is 0 Å². The van der Waals surface area contributed by atoms with Crippen LogP contribution in [0.25, 0.3) is 5.69 Å². The molecule has 6 nitrogen and oxygen atoms in total. The molecule has 3 rings (SSSR count). The minimum atomic E-state index is -0.0189. The Kier molecular flexibility index (Phi) is 6.19. The number of morpholine rings is 1. The van der Waals surface area contributed by atoms with Crippen molar-refractivity contribution in [2.24, 2.45) is 0 Å². The van der Waals surface area contributed by atoms with E-state index < -0.39 is 0 Å². The highest BCUT2D eigenvalue weighted by Crippen LogP contribution is 2.10. The second kappa shape index (κ2) is 8.78. The van der Waals surface area contributed by atoms with Crippen molar-refractivity contribution in [3.8, 4) is 5.69 Å². The minimum Gasteiger partial charge on any atom is -0.379 e. The predicted octanol–water partition coefficient (Wildman–Crippen LogP) is 2.02. The lowest BCUT2D eigenvalue weighted by molar-refractivity contribution is 0.0372. The molecule has 0 aliphatic carbocycles. The molecular formula is C19H26N4O2. The fraction of sp³-hybridized carbons (Fsp3) is 0.474. The third-order valence-corrected chi connectivity index (χ3v) is 4.40. The van der Waals surface area contributed by atoms with Crippen LogP contribution in [0.2, 0.25) is 0 Å². The van der Waals surface area contributed by atoms with Crippen molar-refractivity contribution in [2.75, 3.05) is 39.4 Å². The SMILES string of the molecule is Cc1cnn(-c2ccc(C(=O)NCCCCN3CCOCC3)cc2)c1. The first kappa shape index (κ1) is 17.6. The number of benzene rings is 1. The largest absolute Gasteiger partial charge is 0.379 e. The molecule has 1 amide bonds. The molecule has 1 aromatic heterocycles. The highest BCUT2D eigenvalue weighted by molar-refractivity contribution is 5.94. The number of rotatable bonds is 7. The summed E-state index contributed by atoms with van der Waals surface area (Å²) in [7, 11) is 0. The minimum absolute atomic E-state index is 0.0189. The molecular weight excluding hydrogens is 316 g/mol. The molecule has 1 fully saturated rings. The smallest absolute Gasteiger partial charge is 0.251 e. The number of amides is 1. The number of hydrogen-bond donors (Lipinski definition) is 1. The van der Waals surface area contributed by atoms with Crippen LogP contribution >= 0.6 is 0 Å². The summed E-state index contributed by atoms with van der Waals surface area (Å²) in [6, 6.07) is 7.52. The zero-order chi connectivity index (χ0) is 17.5. The van der Waals surface area contributed by atoms with Crippen LogP contribution in [0.3, 0.4) is 0 Å². The molecule has 25 heavy (non-hydrogen) atoms. The fourth-order valence-corrected chi connectivity index (χ4v) is 2.91. The molecule has 1 aliphatic heterocycles. The quantitative estimate of drug-likeness (QED) is 0.782. The van der Waals surface area contributed by atoms with Gasteiger partial charge in [0.1, 0.15) is 0 Å². The lowest BCUT2D eigenvalue weighted by Gasteiger charge is -2.26. The van der Waals surface area contributed by atoms with Crippen LogP contribution in [0.5, 0.6) is 0 Å².